The van der Waals surface area contributed by atoms with Crippen molar-refractivity contribution in [3.05, 3.63) is 47.9 Å². The van der Waals surface area contributed by atoms with Crippen molar-refractivity contribution in [1.29, 1.82) is 0 Å². The Hall–Kier alpha value is -1.57. The summed E-state index contributed by atoms with van der Waals surface area (Å²) in [5, 5.41) is 0. The van der Waals surface area contributed by atoms with E-state index in [2.05, 4.69) is 18.4 Å². The van der Waals surface area contributed by atoms with E-state index >= 15 is 0 Å². The van der Waals surface area contributed by atoms with Crippen molar-refractivity contribution in [1.82, 2.24) is 12.3 Å². The normalized spacial score (nSPS) is 10.7. The number of hydrogen-bond acceptors (Lipinski definition) is 3. The third kappa shape index (κ3) is 2.20. The van der Waals surface area contributed by atoms with E-state index in [4.69, 9.17) is 0 Å². The molecule has 0 fully saturated rings. The van der Waals surface area contributed by atoms with E-state index in [0.29, 0.717) is 31.6 Å². The molecule has 2 heterocycles. The van der Waals surface area contributed by atoms with Gasteiger partial charge in [0.1, 0.15) is 0 Å². The van der Waals surface area contributed by atoms with E-state index in [0.717, 1.165) is 34.3 Å². The number of carbonyl (C=O) groups is 1. The number of carbonyl (C=O) groups excluding carboxylic acids is 1. The van der Waals surface area contributed by atoms with Gasteiger partial charge >= 0.3 is 127 Å². The molecule has 0 bridgehead atoms. The topological polar surface area (TPSA) is 47.8 Å². The first-order valence-corrected chi connectivity index (χ1v) is 7.85. The van der Waals surface area contributed by atoms with Gasteiger partial charge in [0.25, 0.3) is 0 Å². The zero-order valence-corrected chi connectivity index (χ0v) is 14.9. The van der Waals surface area contributed by atoms with Gasteiger partial charge in [0.05, 0.1) is 0 Å². The molecule has 1 aromatic carbocycles. The number of aldehydes is 1. The van der Waals surface area contributed by atoms with Crippen molar-refractivity contribution >= 4 is 43.5 Å². The Bertz CT molecular complexity index is 762. The Morgan fingerprint density at radius 2 is 2.00 bits per heavy atom. The molecule has 19 heavy (non-hydrogen) atoms. The summed E-state index contributed by atoms with van der Waals surface area (Å²) >= 11 is 0.671. The molecule has 3 rings (SSSR count). The van der Waals surface area contributed by atoms with Gasteiger partial charge in [0.15, 0.2) is 0 Å². The van der Waals surface area contributed by atoms with E-state index in [1.54, 1.807) is 0 Å². The van der Waals surface area contributed by atoms with Crippen molar-refractivity contribution in [2.75, 3.05) is 0 Å². The molecule has 90 valence electrons. The van der Waals surface area contributed by atoms with Gasteiger partial charge in [-0.25, -0.2) is 0 Å². The van der Waals surface area contributed by atoms with Gasteiger partial charge < -0.3 is 0 Å². The molecule has 0 atom stereocenters. The fourth-order valence-corrected chi connectivity index (χ4v) is 3.08. The quantitative estimate of drug-likeness (QED) is 0.453. The molecule has 0 amide bonds. The molecule has 0 radical (unpaired) electrons. The number of imidazole rings is 1. The monoisotopic (exact) mass is 441 g/mol. The minimum atomic E-state index is 0.671. The van der Waals surface area contributed by atoms with Crippen molar-refractivity contribution in [3.63, 3.8) is 0 Å². The third-order valence-corrected chi connectivity index (χ3v) is 4.71. The van der Waals surface area contributed by atoms with E-state index in [1.165, 1.54) is 0 Å². The van der Waals surface area contributed by atoms with Gasteiger partial charge in [-0.15, -0.1) is 0 Å². The Kier molecular flexibility index (Phi) is 3.18. The van der Waals surface area contributed by atoms with Crippen molar-refractivity contribution in [3.8, 4) is 11.1 Å². The molecule has 0 saturated carbocycles. The first-order chi connectivity index (χ1) is 9.19. The van der Waals surface area contributed by atoms with Crippen LogP contribution in [0.4, 0.5) is 0 Å². The van der Waals surface area contributed by atoms with Gasteiger partial charge in [0.2, 0.25) is 0 Å². The molecule has 0 saturated heterocycles. The second-order valence-electron chi connectivity index (χ2n) is 4.36. The van der Waals surface area contributed by atoms with E-state index in [-0.39, 0.29) is 0 Å². The third-order valence-electron chi connectivity index (χ3n) is 3.11. The zero-order chi connectivity index (χ0) is 13.4. The molecule has 2 aromatic heterocycles. The number of nitrogens with zero attached hydrogens (tertiary/aromatic N) is 3. The Labute approximate surface area is 126 Å². The summed E-state index contributed by atoms with van der Waals surface area (Å²) in [7, 11) is 0. The molecule has 4 nitrogen and oxygen atoms in total. The Morgan fingerprint density at radius 3 is 2.68 bits per heavy atom. The van der Waals surface area contributed by atoms with Crippen LogP contribution in [0.25, 0.3) is 22.3 Å². The average Bonchev–Trinajstić information content (AvgIpc) is 2.79. The molecule has 0 aliphatic heterocycles. The van der Waals surface area contributed by atoms with E-state index < -0.39 is 0 Å². The van der Waals surface area contributed by atoms with Crippen LogP contribution in [0.3, 0.4) is 0 Å². The summed E-state index contributed by atoms with van der Waals surface area (Å²) in [5.74, 6) is 0. The number of pyridine rings is 1. The van der Waals surface area contributed by atoms with Gasteiger partial charge in [-0.2, -0.15) is 0 Å². The second kappa shape index (κ2) is 4.84. The number of aryl methyl sites for hydroxylation is 1. The van der Waals surface area contributed by atoms with Crippen LogP contribution in [0.15, 0.2) is 36.7 Å². The van der Waals surface area contributed by atoms with Crippen LogP contribution in [0, 0.1) is 6.92 Å². The van der Waals surface area contributed by atoms with Crippen molar-refractivity contribution in [2.45, 2.75) is 6.92 Å². The first kappa shape index (κ1) is 12.5. The predicted molar refractivity (Wildman–Crippen MR) is 74.2 cm³/mol. The first-order valence-electron chi connectivity index (χ1n) is 5.84. The Morgan fingerprint density at radius 1 is 1.26 bits per heavy atom. The predicted octanol–water partition coefficient (Wildman–Crippen LogP) is 2.15. The van der Waals surface area contributed by atoms with Gasteiger partial charge in [-0.3, -0.25) is 0 Å². The molecule has 0 spiro atoms. The van der Waals surface area contributed by atoms with Crippen LogP contribution < -0.4 is 0 Å². The van der Waals surface area contributed by atoms with Crippen LogP contribution in [-0.2, 0) is 0 Å². The Balaban J connectivity index is 2.19. The summed E-state index contributed by atoms with van der Waals surface area (Å²) in [4.78, 5) is 19.5. The average molecular weight is 441 g/mol. The fraction of sp³-hybridized carbons (Fsp3) is 0.0714. The maximum absolute atomic E-state index is 10.7. The standard InChI is InChI=1S/C14H11N3O.Tl/c1-9-12(6-13-14(17-9)16-8-15-13)11-4-2-10(7-18)3-5-11;/h2-8H,1H3,(H,15,16,17,18);/q;+1/p-1. The minimum absolute atomic E-state index is 0.671. The summed E-state index contributed by atoms with van der Waals surface area (Å²) in [6, 6.07) is 9.68. The van der Waals surface area contributed by atoms with Crippen LogP contribution in [-0.4, -0.2) is 44.7 Å². The summed E-state index contributed by atoms with van der Waals surface area (Å²) in [5.41, 5.74) is 5.68. The van der Waals surface area contributed by atoms with Crippen LogP contribution >= 0.6 is 0 Å². The number of rotatable bonds is 2. The molecule has 0 aliphatic rings. The SMILES string of the molecule is Cc1nc2nc[n]([Tl])c2cc1-c1ccc(C=O)cc1. The molecule has 3 aromatic rings. The molecule has 0 N–H and O–H groups in total. The van der Waals surface area contributed by atoms with Crippen LogP contribution in [0.1, 0.15) is 16.1 Å². The van der Waals surface area contributed by atoms with Crippen molar-refractivity contribution in [2.24, 2.45) is 0 Å². The van der Waals surface area contributed by atoms with E-state index in [1.807, 2.05) is 37.5 Å². The summed E-state index contributed by atoms with van der Waals surface area (Å²) < 4.78 is 2.12. The van der Waals surface area contributed by atoms with Gasteiger partial charge in [-0.05, 0) is 0 Å². The molecular weight excluding hydrogens is 431 g/mol. The van der Waals surface area contributed by atoms with Crippen LogP contribution in [0.5, 0.6) is 0 Å². The summed E-state index contributed by atoms with van der Waals surface area (Å²) in [6.45, 7) is 1.98. The molecule has 5 heteroatoms. The second-order valence-corrected chi connectivity index (χ2v) is 6.52. The summed E-state index contributed by atoms with van der Waals surface area (Å²) in [6.07, 6.45) is 2.69. The van der Waals surface area contributed by atoms with Crippen LogP contribution in [0.2, 0.25) is 0 Å². The number of benzene rings is 1. The number of fused-ring (bicyclic) bond motifs is 1. The van der Waals surface area contributed by atoms with Crippen molar-refractivity contribution < 1.29 is 4.79 Å². The number of aromatic nitrogens is 3. The molecule has 0 aliphatic carbocycles. The molecular formula is C14H10N3OTl. The number of hydrogen-bond donors (Lipinski definition) is 0. The van der Waals surface area contributed by atoms with E-state index in [9.17, 15) is 4.79 Å². The van der Waals surface area contributed by atoms with Gasteiger partial charge in [0, 0.05) is 0 Å². The zero-order valence-electron chi connectivity index (χ0n) is 10.4. The fourth-order valence-electron chi connectivity index (χ4n) is 2.08. The molecule has 0 unspecified atom stereocenters. The maximum atomic E-state index is 10.7. The van der Waals surface area contributed by atoms with Gasteiger partial charge in [-0.1, -0.05) is 0 Å².